The van der Waals surface area contributed by atoms with Gasteiger partial charge in [-0.1, -0.05) is 18.2 Å². The van der Waals surface area contributed by atoms with E-state index in [0.717, 1.165) is 29.1 Å². The molecule has 0 radical (unpaired) electrons. The first-order valence-corrected chi connectivity index (χ1v) is 9.03. The Labute approximate surface area is 149 Å². The molecule has 5 nitrogen and oxygen atoms in total. The number of imidazole rings is 1. The van der Waals surface area contributed by atoms with E-state index in [9.17, 15) is 4.79 Å². The first kappa shape index (κ1) is 15.6. The third kappa shape index (κ3) is 3.06. The van der Waals surface area contributed by atoms with Crippen molar-refractivity contribution < 1.29 is 4.79 Å². The molecular weight excluding hydrogens is 332 g/mol. The van der Waals surface area contributed by atoms with Crippen molar-refractivity contribution in [3.05, 3.63) is 58.4 Å². The van der Waals surface area contributed by atoms with Crippen molar-refractivity contribution in [3.8, 4) is 17.3 Å². The van der Waals surface area contributed by atoms with Crippen molar-refractivity contribution in [1.29, 1.82) is 5.26 Å². The van der Waals surface area contributed by atoms with E-state index >= 15 is 0 Å². The van der Waals surface area contributed by atoms with Crippen LogP contribution in [0.25, 0.3) is 11.3 Å². The molecule has 124 valence electrons. The monoisotopic (exact) mass is 348 g/mol. The number of benzene rings is 1. The van der Waals surface area contributed by atoms with Gasteiger partial charge < -0.3 is 4.57 Å². The van der Waals surface area contributed by atoms with Crippen LogP contribution in [0.5, 0.6) is 0 Å². The Kier molecular flexibility index (Phi) is 4.08. The van der Waals surface area contributed by atoms with Crippen molar-refractivity contribution in [2.45, 2.75) is 19.4 Å². The number of hydrogen-bond acceptors (Lipinski definition) is 4. The molecule has 0 N–H and O–H groups in total. The number of carbonyl (C=O) groups is 1. The number of thiophene rings is 1. The van der Waals surface area contributed by atoms with Gasteiger partial charge in [-0.15, -0.1) is 11.3 Å². The van der Waals surface area contributed by atoms with Crippen LogP contribution < -0.4 is 4.90 Å². The summed E-state index contributed by atoms with van der Waals surface area (Å²) < 4.78 is 2.03. The smallest absolute Gasteiger partial charge is 0.234 e. The molecule has 1 aromatic carbocycles. The number of hydrogen-bond donors (Lipinski definition) is 0. The Morgan fingerprint density at radius 3 is 3.00 bits per heavy atom. The molecular formula is C19H16N4OS. The Hall–Kier alpha value is -2.91. The van der Waals surface area contributed by atoms with E-state index < -0.39 is 0 Å². The molecule has 0 saturated heterocycles. The number of rotatable bonds is 3. The van der Waals surface area contributed by atoms with Gasteiger partial charge >= 0.3 is 0 Å². The quantitative estimate of drug-likeness (QED) is 0.728. The summed E-state index contributed by atoms with van der Waals surface area (Å²) in [4.78, 5) is 20.2. The van der Waals surface area contributed by atoms with Crippen molar-refractivity contribution in [2.24, 2.45) is 0 Å². The molecule has 0 fully saturated rings. The van der Waals surface area contributed by atoms with Gasteiger partial charge in [0.15, 0.2) is 0 Å². The van der Waals surface area contributed by atoms with Gasteiger partial charge in [0, 0.05) is 29.7 Å². The Morgan fingerprint density at radius 1 is 1.28 bits per heavy atom. The molecule has 0 aliphatic carbocycles. The summed E-state index contributed by atoms with van der Waals surface area (Å²) in [5, 5.41) is 11.1. The van der Waals surface area contributed by atoms with Crippen LogP contribution in [0.15, 0.2) is 48.0 Å². The van der Waals surface area contributed by atoms with Gasteiger partial charge in [-0.3, -0.25) is 9.69 Å². The number of fused-ring (bicyclic) bond motifs is 1. The lowest BCUT2D eigenvalue weighted by Crippen LogP contribution is -2.38. The van der Waals surface area contributed by atoms with Crippen LogP contribution in [0.4, 0.5) is 5.95 Å². The first-order chi connectivity index (χ1) is 12.2. The second-order valence-electron chi connectivity index (χ2n) is 5.97. The molecule has 3 heterocycles. The van der Waals surface area contributed by atoms with Crippen molar-refractivity contribution in [1.82, 2.24) is 9.55 Å². The largest absolute Gasteiger partial charge is 0.316 e. The first-order valence-electron chi connectivity index (χ1n) is 8.15. The summed E-state index contributed by atoms with van der Waals surface area (Å²) in [5.74, 6) is 0.775. The van der Waals surface area contributed by atoms with E-state index in [2.05, 4.69) is 6.07 Å². The minimum atomic E-state index is 0.0753. The Morgan fingerprint density at radius 2 is 2.20 bits per heavy atom. The van der Waals surface area contributed by atoms with Gasteiger partial charge in [-0.2, -0.15) is 5.26 Å². The second kappa shape index (κ2) is 6.54. The van der Waals surface area contributed by atoms with Gasteiger partial charge in [0.1, 0.15) is 0 Å². The molecule has 0 bridgehead atoms. The highest BCUT2D eigenvalue weighted by molar-refractivity contribution is 7.10. The zero-order valence-electron chi connectivity index (χ0n) is 13.6. The summed E-state index contributed by atoms with van der Waals surface area (Å²) in [5.41, 5.74) is 2.30. The minimum absolute atomic E-state index is 0.0753. The van der Waals surface area contributed by atoms with E-state index in [-0.39, 0.29) is 5.91 Å². The molecule has 1 aliphatic rings. The summed E-state index contributed by atoms with van der Waals surface area (Å²) in [6, 6.07) is 13.5. The number of aromatic nitrogens is 2. The van der Waals surface area contributed by atoms with Gasteiger partial charge in [-0.25, -0.2) is 4.98 Å². The molecule has 6 heteroatoms. The average Bonchev–Trinajstić information content (AvgIpc) is 3.30. The topological polar surface area (TPSA) is 61.9 Å². The number of carbonyl (C=O) groups excluding carboxylic acids is 1. The number of aryl methyl sites for hydroxylation is 1. The molecule has 0 saturated carbocycles. The van der Waals surface area contributed by atoms with Crippen LogP contribution in [0, 0.1) is 11.3 Å². The average molecular weight is 348 g/mol. The highest BCUT2D eigenvalue weighted by Crippen LogP contribution is 2.27. The summed E-state index contributed by atoms with van der Waals surface area (Å²) >= 11 is 1.60. The Bertz CT molecular complexity index is 952. The van der Waals surface area contributed by atoms with Gasteiger partial charge in [0.05, 0.1) is 23.7 Å². The molecule has 1 amide bonds. The SMILES string of the molecule is N#Cc1cccc(-c2cn3c(n2)N(C(=O)Cc2cccs2)CCC3)c1. The predicted octanol–water partition coefficient (Wildman–Crippen LogP) is 3.46. The van der Waals surface area contributed by atoms with Crippen LogP contribution in [0.3, 0.4) is 0 Å². The standard InChI is InChI=1S/C19H16N4OS/c20-12-14-4-1-5-15(10-14)17-13-22-7-3-8-23(19(22)21-17)18(24)11-16-6-2-9-25-16/h1-2,4-6,9-10,13H,3,7-8,11H2. The van der Waals surface area contributed by atoms with Crippen LogP contribution >= 0.6 is 11.3 Å². The predicted molar refractivity (Wildman–Crippen MR) is 97.4 cm³/mol. The third-order valence-corrected chi connectivity index (χ3v) is 5.15. The van der Waals surface area contributed by atoms with Crippen LogP contribution in [0.1, 0.15) is 16.9 Å². The lowest BCUT2D eigenvalue weighted by Gasteiger charge is -2.26. The maximum atomic E-state index is 12.7. The third-order valence-electron chi connectivity index (χ3n) is 4.27. The van der Waals surface area contributed by atoms with Crippen LogP contribution in [-0.4, -0.2) is 22.0 Å². The number of nitrogens with zero attached hydrogens (tertiary/aromatic N) is 4. The fourth-order valence-electron chi connectivity index (χ4n) is 3.07. The zero-order valence-corrected chi connectivity index (χ0v) is 14.4. The summed E-state index contributed by atoms with van der Waals surface area (Å²) in [6.07, 6.45) is 3.29. The zero-order chi connectivity index (χ0) is 17.2. The van der Waals surface area contributed by atoms with E-state index in [1.165, 1.54) is 0 Å². The minimum Gasteiger partial charge on any atom is -0.316 e. The van der Waals surface area contributed by atoms with Gasteiger partial charge in [-0.05, 0) is 30.0 Å². The van der Waals surface area contributed by atoms with E-state index in [1.807, 2.05) is 46.5 Å². The van der Waals surface area contributed by atoms with Gasteiger partial charge in [0.25, 0.3) is 0 Å². The highest BCUT2D eigenvalue weighted by Gasteiger charge is 2.25. The maximum Gasteiger partial charge on any atom is 0.234 e. The van der Waals surface area contributed by atoms with Gasteiger partial charge in [0.2, 0.25) is 11.9 Å². The second-order valence-corrected chi connectivity index (χ2v) is 7.00. The molecule has 25 heavy (non-hydrogen) atoms. The Balaban J connectivity index is 1.64. The maximum absolute atomic E-state index is 12.7. The number of nitriles is 1. The summed E-state index contributed by atoms with van der Waals surface area (Å²) in [7, 11) is 0. The van der Waals surface area contributed by atoms with Crippen molar-refractivity contribution in [3.63, 3.8) is 0 Å². The fourth-order valence-corrected chi connectivity index (χ4v) is 3.76. The summed E-state index contributed by atoms with van der Waals surface area (Å²) in [6.45, 7) is 1.54. The van der Waals surface area contributed by atoms with Crippen LogP contribution in [-0.2, 0) is 17.8 Å². The van der Waals surface area contributed by atoms with E-state index in [0.29, 0.717) is 24.5 Å². The lowest BCUT2D eigenvalue weighted by molar-refractivity contribution is -0.118. The van der Waals surface area contributed by atoms with E-state index in [4.69, 9.17) is 10.2 Å². The number of anilines is 1. The lowest BCUT2D eigenvalue weighted by atomic mass is 10.1. The van der Waals surface area contributed by atoms with Crippen molar-refractivity contribution >= 4 is 23.2 Å². The molecule has 1 aliphatic heterocycles. The van der Waals surface area contributed by atoms with Crippen molar-refractivity contribution in [2.75, 3.05) is 11.4 Å². The molecule has 4 rings (SSSR count). The molecule has 2 aromatic heterocycles. The van der Waals surface area contributed by atoms with Crippen LogP contribution in [0.2, 0.25) is 0 Å². The highest BCUT2D eigenvalue weighted by atomic mass is 32.1. The molecule has 3 aromatic rings. The van der Waals surface area contributed by atoms with E-state index in [1.54, 1.807) is 22.3 Å². The molecule has 0 spiro atoms. The number of amides is 1. The molecule has 0 unspecified atom stereocenters. The normalized spacial score (nSPS) is 13.3. The fraction of sp³-hybridized carbons (Fsp3) is 0.211. The molecule has 0 atom stereocenters.